The minimum absolute atomic E-state index is 0.268. The number of nitrogens with zero attached hydrogens (tertiary/aromatic N) is 1. The van der Waals surface area contributed by atoms with Crippen LogP contribution in [-0.4, -0.2) is 37.6 Å². The maximum Gasteiger partial charge on any atom is 0.226 e. The molecular weight excluding hydrogens is 250 g/mol. The van der Waals surface area contributed by atoms with Gasteiger partial charge in [-0.2, -0.15) is 0 Å². The second-order valence-electron chi connectivity index (χ2n) is 5.71. The van der Waals surface area contributed by atoms with Crippen LogP contribution >= 0.6 is 0 Å². The molecule has 1 aromatic carbocycles. The summed E-state index contributed by atoms with van der Waals surface area (Å²) in [7, 11) is 1.75. The highest BCUT2D eigenvalue weighted by Crippen LogP contribution is 2.21. The molecule has 1 aromatic rings. The molecule has 3 heteroatoms. The van der Waals surface area contributed by atoms with Crippen LogP contribution in [0, 0.1) is 12.8 Å². The average molecular weight is 275 g/mol. The fourth-order valence-corrected chi connectivity index (χ4v) is 2.84. The molecule has 1 fully saturated rings. The van der Waals surface area contributed by atoms with Crippen LogP contribution in [-0.2, 0) is 16.0 Å². The van der Waals surface area contributed by atoms with Crippen molar-refractivity contribution in [2.45, 2.75) is 32.6 Å². The van der Waals surface area contributed by atoms with Gasteiger partial charge in [-0.25, -0.2) is 0 Å². The number of carbonyl (C=O) groups excluding carboxylic acids is 1. The van der Waals surface area contributed by atoms with E-state index >= 15 is 0 Å². The zero-order chi connectivity index (χ0) is 14.4. The maximum absolute atomic E-state index is 12.3. The van der Waals surface area contributed by atoms with Gasteiger partial charge < -0.3 is 9.64 Å². The van der Waals surface area contributed by atoms with Crippen LogP contribution in [0.15, 0.2) is 24.3 Å². The van der Waals surface area contributed by atoms with Crippen molar-refractivity contribution in [2.75, 3.05) is 26.8 Å². The number of benzene rings is 1. The van der Waals surface area contributed by atoms with Crippen LogP contribution < -0.4 is 0 Å². The molecule has 0 aromatic heterocycles. The molecule has 1 aliphatic heterocycles. The lowest BCUT2D eigenvalue weighted by Gasteiger charge is -2.32. The Morgan fingerprint density at radius 1 is 1.30 bits per heavy atom. The number of methoxy groups -OCH3 is 1. The van der Waals surface area contributed by atoms with Crippen LogP contribution in [0.5, 0.6) is 0 Å². The number of likely N-dealkylation sites (tertiary alicyclic amines) is 1. The van der Waals surface area contributed by atoms with Gasteiger partial charge in [0.2, 0.25) is 5.91 Å². The lowest BCUT2D eigenvalue weighted by molar-refractivity contribution is -0.131. The lowest BCUT2D eigenvalue weighted by atomic mass is 9.93. The largest absolute Gasteiger partial charge is 0.385 e. The van der Waals surface area contributed by atoms with Crippen molar-refractivity contribution in [3.05, 3.63) is 35.4 Å². The zero-order valence-electron chi connectivity index (χ0n) is 12.6. The quantitative estimate of drug-likeness (QED) is 0.827. The van der Waals surface area contributed by atoms with Gasteiger partial charge in [0.05, 0.1) is 6.42 Å². The van der Waals surface area contributed by atoms with E-state index in [2.05, 4.69) is 19.1 Å². The number of aryl methyl sites for hydroxylation is 1. The first-order valence-corrected chi connectivity index (χ1v) is 7.52. The summed E-state index contributed by atoms with van der Waals surface area (Å²) < 4.78 is 5.13. The van der Waals surface area contributed by atoms with Gasteiger partial charge in [-0.15, -0.1) is 0 Å². The Bertz CT molecular complexity index is 436. The molecule has 0 N–H and O–H groups in total. The van der Waals surface area contributed by atoms with Gasteiger partial charge in [-0.05, 0) is 43.2 Å². The van der Waals surface area contributed by atoms with Gasteiger partial charge >= 0.3 is 0 Å². The highest BCUT2D eigenvalue weighted by molar-refractivity contribution is 5.79. The molecule has 0 radical (unpaired) electrons. The van der Waals surface area contributed by atoms with E-state index in [1.165, 1.54) is 5.56 Å². The summed E-state index contributed by atoms with van der Waals surface area (Å²) in [6.45, 7) is 4.71. The van der Waals surface area contributed by atoms with Crippen LogP contribution in [0.25, 0.3) is 0 Å². The Kier molecular flexibility index (Phi) is 5.60. The number of piperidine rings is 1. The molecule has 0 atom stereocenters. The highest BCUT2D eigenvalue weighted by atomic mass is 16.5. The van der Waals surface area contributed by atoms with Crippen LogP contribution in [0.1, 0.15) is 30.4 Å². The van der Waals surface area contributed by atoms with E-state index in [0.29, 0.717) is 6.42 Å². The predicted molar refractivity (Wildman–Crippen MR) is 80.7 cm³/mol. The molecule has 0 unspecified atom stereocenters. The number of ether oxygens (including phenoxy) is 1. The summed E-state index contributed by atoms with van der Waals surface area (Å²) in [5.74, 6) is 0.988. The molecule has 1 amide bonds. The Labute approximate surface area is 121 Å². The van der Waals surface area contributed by atoms with E-state index in [1.807, 2.05) is 17.0 Å². The number of hydrogen-bond acceptors (Lipinski definition) is 2. The summed E-state index contributed by atoms with van der Waals surface area (Å²) >= 11 is 0. The van der Waals surface area contributed by atoms with Gasteiger partial charge in [-0.3, -0.25) is 4.79 Å². The lowest BCUT2D eigenvalue weighted by Crippen LogP contribution is -2.39. The Morgan fingerprint density at radius 2 is 2.00 bits per heavy atom. The topological polar surface area (TPSA) is 29.5 Å². The van der Waals surface area contributed by atoms with Gasteiger partial charge in [0, 0.05) is 26.8 Å². The molecule has 1 saturated heterocycles. The maximum atomic E-state index is 12.3. The standard InChI is InChI=1S/C17H25NO2/c1-14-5-3-4-6-16(14)13-17(19)18-10-7-15(8-11-18)9-12-20-2/h3-6,15H,7-13H2,1-2H3. The van der Waals surface area contributed by atoms with Crippen LogP contribution in [0.2, 0.25) is 0 Å². The van der Waals surface area contributed by atoms with E-state index in [1.54, 1.807) is 7.11 Å². The van der Waals surface area contributed by atoms with Crippen molar-refractivity contribution >= 4 is 5.91 Å². The first-order valence-electron chi connectivity index (χ1n) is 7.52. The van der Waals surface area contributed by atoms with Gasteiger partial charge in [-0.1, -0.05) is 24.3 Å². The Morgan fingerprint density at radius 3 is 2.65 bits per heavy atom. The molecule has 0 saturated carbocycles. The molecule has 3 nitrogen and oxygen atoms in total. The summed E-state index contributed by atoms with van der Waals surface area (Å²) in [6.07, 6.45) is 3.89. The summed E-state index contributed by atoms with van der Waals surface area (Å²) in [6, 6.07) is 8.15. The smallest absolute Gasteiger partial charge is 0.226 e. The summed E-state index contributed by atoms with van der Waals surface area (Å²) in [5.41, 5.74) is 2.36. The number of hydrogen-bond donors (Lipinski definition) is 0. The van der Waals surface area contributed by atoms with Crippen LogP contribution in [0.3, 0.4) is 0 Å². The Balaban J connectivity index is 1.82. The first kappa shape index (κ1) is 15.0. The summed E-state index contributed by atoms with van der Waals surface area (Å²) in [4.78, 5) is 14.4. The third-order valence-electron chi connectivity index (χ3n) is 4.30. The predicted octanol–water partition coefficient (Wildman–Crippen LogP) is 2.81. The van der Waals surface area contributed by atoms with Gasteiger partial charge in [0.1, 0.15) is 0 Å². The zero-order valence-corrected chi connectivity index (χ0v) is 12.6. The van der Waals surface area contributed by atoms with Gasteiger partial charge in [0.15, 0.2) is 0 Å². The normalized spacial score (nSPS) is 16.4. The molecule has 1 heterocycles. The van der Waals surface area contributed by atoms with Crippen molar-refractivity contribution < 1.29 is 9.53 Å². The fraction of sp³-hybridized carbons (Fsp3) is 0.588. The Hall–Kier alpha value is -1.35. The van der Waals surface area contributed by atoms with Crippen molar-refractivity contribution in [2.24, 2.45) is 5.92 Å². The van der Waals surface area contributed by atoms with E-state index in [9.17, 15) is 4.79 Å². The molecule has 0 spiro atoms. The second-order valence-corrected chi connectivity index (χ2v) is 5.71. The second kappa shape index (κ2) is 7.44. The van der Waals surface area contributed by atoms with E-state index in [4.69, 9.17) is 4.74 Å². The SMILES string of the molecule is COCCC1CCN(C(=O)Cc2ccccc2C)CC1. The van der Waals surface area contributed by atoms with E-state index in [-0.39, 0.29) is 5.91 Å². The minimum atomic E-state index is 0.268. The number of rotatable bonds is 5. The van der Waals surface area contributed by atoms with Crippen molar-refractivity contribution in [1.82, 2.24) is 4.90 Å². The van der Waals surface area contributed by atoms with Crippen molar-refractivity contribution in [3.63, 3.8) is 0 Å². The van der Waals surface area contributed by atoms with E-state index < -0.39 is 0 Å². The molecule has 2 rings (SSSR count). The number of carbonyl (C=O) groups is 1. The van der Waals surface area contributed by atoms with Crippen molar-refractivity contribution in [3.8, 4) is 0 Å². The monoisotopic (exact) mass is 275 g/mol. The fourth-order valence-electron chi connectivity index (χ4n) is 2.84. The molecular formula is C17H25NO2. The molecule has 20 heavy (non-hydrogen) atoms. The van der Waals surface area contributed by atoms with Gasteiger partial charge in [0.25, 0.3) is 0 Å². The first-order chi connectivity index (χ1) is 9.70. The number of amides is 1. The van der Waals surface area contributed by atoms with Crippen molar-refractivity contribution in [1.29, 1.82) is 0 Å². The third kappa shape index (κ3) is 4.07. The van der Waals surface area contributed by atoms with Crippen LogP contribution in [0.4, 0.5) is 0 Å². The molecule has 110 valence electrons. The third-order valence-corrected chi connectivity index (χ3v) is 4.30. The molecule has 0 aliphatic carbocycles. The summed E-state index contributed by atoms with van der Waals surface area (Å²) in [5, 5.41) is 0. The molecule has 0 bridgehead atoms. The van der Waals surface area contributed by atoms with E-state index in [0.717, 1.165) is 50.4 Å². The average Bonchev–Trinajstić information content (AvgIpc) is 2.48. The highest BCUT2D eigenvalue weighted by Gasteiger charge is 2.22. The molecule has 1 aliphatic rings. The minimum Gasteiger partial charge on any atom is -0.385 e.